The molecule has 0 spiro atoms. The van der Waals surface area contributed by atoms with Gasteiger partial charge in [0.1, 0.15) is 5.75 Å². The summed E-state index contributed by atoms with van der Waals surface area (Å²) in [6.45, 7) is 6.57. The Hall–Kier alpha value is -1.97. The number of hydrogen-bond donors (Lipinski definition) is 1. The third kappa shape index (κ3) is 4.52. The summed E-state index contributed by atoms with van der Waals surface area (Å²) >= 11 is 0. The molecule has 1 heterocycles. The summed E-state index contributed by atoms with van der Waals surface area (Å²) in [6, 6.07) is 5.61. The Bertz CT molecular complexity index is 518. The van der Waals surface area contributed by atoms with Crippen LogP contribution in [0.15, 0.2) is 24.3 Å². The molecule has 2 rings (SSSR count). The Morgan fingerprint density at radius 2 is 2.10 bits per heavy atom. The fraction of sp³-hybridized carbons (Fsp3) is 0.471. The monoisotopic (exact) mass is 288 g/mol. The summed E-state index contributed by atoms with van der Waals surface area (Å²) in [5, 5.41) is 0. The molecule has 1 aliphatic rings. The molecule has 4 heteroatoms. The summed E-state index contributed by atoms with van der Waals surface area (Å²) in [4.78, 5) is 13.8. The normalized spacial score (nSPS) is 15.1. The zero-order chi connectivity index (χ0) is 15.2. The lowest BCUT2D eigenvalue weighted by Gasteiger charge is -2.12. The predicted molar refractivity (Wildman–Crippen MR) is 86.0 cm³/mol. The van der Waals surface area contributed by atoms with Crippen molar-refractivity contribution in [1.29, 1.82) is 0 Å². The average Bonchev–Trinajstić information content (AvgIpc) is 2.97. The number of amides is 1. The number of carbonyl (C=O) groups is 1. The Labute approximate surface area is 126 Å². The second-order valence-electron chi connectivity index (χ2n) is 5.87. The van der Waals surface area contributed by atoms with Crippen molar-refractivity contribution in [2.24, 2.45) is 5.92 Å². The van der Waals surface area contributed by atoms with Gasteiger partial charge in [-0.2, -0.15) is 0 Å². The third-order valence-electron chi connectivity index (χ3n) is 3.44. The third-order valence-corrected chi connectivity index (χ3v) is 3.44. The Kier molecular flexibility index (Phi) is 5.26. The fourth-order valence-corrected chi connectivity index (χ4v) is 2.27. The lowest BCUT2D eigenvalue weighted by Crippen LogP contribution is -2.25. The van der Waals surface area contributed by atoms with Crippen molar-refractivity contribution in [2.45, 2.75) is 26.7 Å². The van der Waals surface area contributed by atoms with E-state index in [1.165, 1.54) is 0 Å². The molecular weight excluding hydrogens is 264 g/mol. The lowest BCUT2D eigenvalue weighted by molar-refractivity contribution is -0.124. The first-order valence-electron chi connectivity index (χ1n) is 7.55. The van der Waals surface area contributed by atoms with Crippen LogP contribution in [-0.2, 0) is 4.79 Å². The molecule has 114 valence electrons. The van der Waals surface area contributed by atoms with Crippen LogP contribution >= 0.6 is 0 Å². The maximum absolute atomic E-state index is 11.9. The van der Waals surface area contributed by atoms with Gasteiger partial charge in [0.25, 0.3) is 0 Å². The molecule has 4 nitrogen and oxygen atoms in total. The zero-order valence-corrected chi connectivity index (χ0v) is 12.8. The van der Waals surface area contributed by atoms with Gasteiger partial charge >= 0.3 is 0 Å². The van der Waals surface area contributed by atoms with Crippen molar-refractivity contribution < 1.29 is 9.53 Å². The smallest absolute Gasteiger partial charge is 0.246 e. The number of anilines is 1. The minimum atomic E-state index is 0.0752. The molecule has 1 aromatic carbocycles. The number of ether oxygens (including phenoxy) is 1. The molecule has 21 heavy (non-hydrogen) atoms. The molecule has 0 atom stereocenters. The Morgan fingerprint density at radius 1 is 1.38 bits per heavy atom. The van der Waals surface area contributed by atoms with Gasteiger partial charge < -0.3 is 15.4 Å². The molecule has 1 amide bonds. The number of rotatable bonds is 5. The summed E-state index contributed by atoms with van der Waals surface area (Å²) < 4.78 is 5.64. The highest BCUT2D eigenvalue weighted by Crippen LogP contribution is 2.23. The molecule has 0 unspecified atom stereocenters. The summed E-state index contributed by atoms with van der Waals surface area (Å²) in [5.74, 6) is 1.24. The van der Waals surface area contributed by atoms with Crippen molar-refractivity contribution >= 4 is 17.7 Å². The fourth-order valence-electron chi connectivity index (χ4n) is 2.27. The van der Waals surface area contributed by atoms with Crippen molar-refractivity contribution in [3.63, 3.8) is 0 Å². The highest BCUT2D eigenvalue weighted by atomic mass is 16.5. The number of carbonyl (C=O) groups excluding carboxylic acids is 1. The molecule has 1 aliphatic heterocycles. The van der Waals surface area contributed by atoms with E-state index < -0.39 is 0 Å². The maximum atomic E-state index is 11.9. The van der Waals surface area contributed by atoms with E-state index in [0.29, 0.717) is 24.0 Å². The zero-order valence-electron chi connectivity index (χ0n) is 12.8. The standard InChI is InChI=1S/C17H24N2O2/c1-13(2)12-21-16-7-5-14(11-15(16)18)6-8-17(20)19-9-3-4-10-19/h5-8,11,13H,3-4,9-10,12,18H2,1-2H3/b8-6-. The van der Waals surface area contributed by atoms with Gasteiger partial charge in [-0.3, -0.25) is 4.79 Å². The van der Waals surface area contributed by atoms with Crippen LogP contribution in [0.4, 0.5) is 5.69 Å². The number of nitrogens with zero attached hydrogens (tertiary/aromatic N) is 1. The van der Waals surface area contributed by atoms with Crippen LogP contribution in [0, 0.1) is 5.92 Å². The van der Waals surface area contributed by atoms with Gasteiger partial charge in [0.15, 0.2) is 0 Å². The molecule has 0 aliphatic carbocycles. The van der Waals surface area contributed by atoms with Crippen molar-refractivity contribution in [3.8, 4) is 5.75 Å². The molecule has 1 aromatic rings. The largest absolute Gasteiger partial charge is 0.491 e. The molecule has 1 saturated heterocycles. The number of nitrogen functional groups attached to an aromatic ring is 1. The Balaban J connectivity index is 1.97. The van der Waals surface area contributed by atoms with Crippen LogP contribution in [-0.4, -0.2) is 30.5 Å². The molecular formula is C17H24N2O2. The molecule has 1 fully saturated rings. The van der Waals surface area contributed by atoms with E-state index in [1.54, 1.807) is 6.08 Å². The van der Waals surface area contributed by atoms with Crippen LogP contribution in [0.25, 0.3) is 6.08 Å². The van der Waals surface area contributed by atoms with E-state index in [9.17, 15) is 4.79 Å². The van der Waals surface area contributed by atoms with E-state index in [1.807, 2.05) is 29.2 Å². The number of benzene rings is 1. The highest BCUT2D eigenvalue weighted by Gasteiger charge is 2.15. The van der Waals surface area contributed by atoms with Gasteiger partial charge in [-0.05, 0) is 42.5 Å². The van der Waals surface area contributed by atoms with E-state index >= 15 is 0 Å². The van der Waals surface area contributed by atoms with Gasteiger partial charge in [-0.15, -0.1) is 0 Å². The minimum Gasteiger partial charge on any atom is -0.491 e. The SMILES string of the molecule is CC(C)COc1ccc(/C=C\C(=O)N2CCCC2)cc1N. The van der Waals surface area contributed by atoms with Crippen LogP contribution < -0.4 is 10.5 Å². The summed E-state index contributed by atoms with van der Waals surface area (Å²) in [6.07, 6.45) is 5.64. The number of hydrogen-bond acceptors (Lipinski definition) is 3. The molecule has 0 radical (unpaired) electrons. The maximum Gasteiger partial charge on any atom is 0.246 e. The van der Waals surface area contributed by atoms with Crippen molar-refractivity contribution in [2.75, 3.05) is 25.4 Å². The van der Waals surface area contributed by atoms with Crippen LogP contribution in [0.3, 0.4) is 0 Å². The molecule has 0 bridgehead atoms. The molecule has 2 N–H and O–H groups in total. The topological polar surface area (TPSA) is 55.6 Å². The van der Waals surface area contributed by atoms with Gasteiger partial charge in [0.05, 0.1) is 12.3 Å². The van der Waals surface area contributed by atoms with E-state index in [2.05, 4.69) is 13.8 Å². The van der Waals surface area contributed by atoms with Gasteiger partial charge in [0, 0.05) is 19.2 Å². The predicted octanol–water partition coefficient (Wildman–Crippen LogP) is 2.94. The second kappa shape index (κ2) is 7.16. The van der Waals surface area contributed by atoms with E-state index in [-0.39, 0.29) is 5.91 Å². The second-order valence-corrected chi connectivity index (χ2v) is 5.87. The first-order valence-corrected chi connectivity index (χ1v) is 7.55. The first kappa shape index (κ1) is 15.4. The van der Waals surface area contributed by atoms with Crippen LogP contribution in [0.5, 0.6) is 5.75 Å². The lowest BCUT2D eigenvalue weighted by atomic mass is 10.1. The average molecular weight is 288 g/mol. The van der Waals surface area contributed by atoms with Crippen molar-refractivity contribution in [1.82, 2.24) is 4.90 Å². The van der Waals surface area contributed by atoms with Gasteiger partial charge in [0.2, 0.25) is 5.91 Å². The first-order chi connectivity index (χ1) is 10.1. The van der Waals surface area contributed by atoms with Gasteiger partial charge in [-0.1, -0.05) is 19.9 Å². The summed E-state index contributed by atoms with van der Waals surface area (Å²) in [7, 11) is 0. The van der Waals surface area contributed by atoms with E-state index in [4.69, 9.17) is 10.5 Å². The number of nitrogens with two attached hydrogens (primary N) is 1. The van der Waals surface area contributed by atoms with Gasteiger partial charge in [-0.25, -0.2) is 0 Å². The highest BCUT2D eigenvalue weighted by molar-refractivity contribution is 5.92. The summed E-state index contributed by atoms with van der Waals surface area (Å²) in [5.41, 5.74) is 7.50. The van der Waals surface area contributed by atoms with Crippen LogP contribution in [0.1, 0.15) is 32.3 Å². The Morgan fingerprint density at radius 3 is 2.71 bits per heavy atom. The number of likely N-dealkylation sites (tertiary alicyclic amines) is 1. The van der Waals surface area contributed by atoms with E-state index in [0.717, 1.165) is 31.5 Å². The van der Waals surface area contributed by atoms with Crippen molar-refractivity contribution in [3.05, 3.63) is 29.8 Å². The minimum absolute atomic E-state index is 0.0752. The molecule has 0 aromatic heterocycles. The quantitative estimate of drug-likeness (QED) is 0.669. The molecule has 0 saturated carbocycles. The van der Waals surface area contributed by atoms with Crippen LogP contribution in [0.2, 0.25) is 0 Å².